The smallest absolute Gasteiger partial charge is 0.312 e. The molecule has 5 heteroatoms. The van der Waals surface area contributed by atoms with Crippen molar-refractivity contribution in [1.29, 1.82) is 5.26 Å². The number of carbonyl (C=O) groups is 2. The van der Waals surface area contributed by atoms with Gasteiger partial charge in [0.25, 0.3) is 0 Å². The lowest BCUT2D eigenvalue weighted by Gasteiger charge is -2.34. The number of carbonyl (C=O) groups excluding carboxylic acids is 2. The van der Waals surface area contributed by atoms with E-state index in [4.69, 9.17) is 5.26 Å². The highest BCUT2D eigenvalue weighted by Crippen LogP contribution is 2.49. The minimum Gasteiger partial charge on any atom is -0.333 e. The molecule has 5 nitrogen and oxygen atoms in total. The number of rotatable bonds is 4. The zero-order chi connectivity index (χ0) is 12.5. The Morgan fingerprint density at radius 1 is 1.24 bits per heavy atom. The lowest BCUT2D eigenvalue weighted by Crippen LogP contribution is -2.55. The van der Waals surface area contributed by atoms with E-state index in [9.17, 15) is 9.59 Å². The van der Waals surface area contributed by atoms with Crippen LogP contribution in [-0.4, -0.2) is 47.8 Å². The van der Waals surface area contributed by atoms with Gasteiger partial charge in [-0.25, -0.2) is 0 Å². The molecule has 0 spiro atoms. The number of hydrogen-bond acceptors (Lipinski definition) is 3. The van der Waals surface area contributed by atoms with Crippen molar-refractivity contribution in [2.75, 3.05) is 26.2 Å². The van der Waals surface area contributed by atoms with Gasteiger partial charge in [-0.15, -0.1) is 0 Å². The molecule has 2 rings (SSSR count). The summed E-state index contributed by atoms with van der Waals surface area (Å²) < 4.78 is 0. The summed E-state index contributed by atoms with van der Waals surface area (Å²) in [4.78, 5) is 26.8. The first-order chi connectivity index (χ1) is 8.12. The molecular weight excluding hydrogens is 218 g/mol. The van der Waals surface area contributed by atoms with Crippen LogP contribution >= 0.6 is 0 Å². The molecule has 2 aliphatic rings. The van der Waals surface area contributed by atoms with Crippen molar-refractivity contribution in [2.24, 2.45) is 5.41 Å². The summed E-state index contributed by atoms with van der Waals surface area (Å²) in [5, 5.41) is 8.74. The topological polar surface area (TPSA) is 64.4 Å². The third kappa shape index (κ3) is 2.26. The second-order valence-electron chi connectivity index (χ2n) is 4.95. The molecule has 17 heavy (non-hydrogen) atoms. The molecule has 2 amide bonds. The number of hydrogen-bond donors (Lipinski definition) is 0. The van der Waals surface area contributed by atoms with Gasteiger partial charge in [0, 0.05) is 38.0 Å². The average Bonchev–Trinajstić information content (AvgIpc) is 3.06. The highest BCUT2D eigenvalue weighted by molar-refractivity contribution is 6.35. The SMILES string of the molecule is CCN1CCN(CC2(CC#N)CC2)C(=O)C1=O. The van der Waals surface area contributed by atoms with Crippen LogP contribution in [-0.2, 0) is 9.59 Å². The van der Waals surface area contributed by atoms with Crippen LogP contribution in [0.15, 0.2) is 0 Å². The van der Waals surface area contributed by atoms with E-state index in [1.54, 1.807) is 9.80 Å². The zero-order valence-corrected chi connectivity index (χ0v) is 10.1. The predicted molar refractivity (Wildman–Crippen MR) is 60.7 cm³/mol. The van der Waals surface area contributed by atoms with Crippen molar-refractivity contribution in [1.82, 2.24) is 9.80 Å². The van der Waals surface area contributed by atoms with E-state index in [-0.39, 0.29) is 5.41 Å². The lowest BCUT2D eigenvalue weighted by molar-refractivity contribution is -0.156. The van der Waals surface area contributed by atoms with Crippen molar-refractivity contribution in [3.63, 3.8) is 0 Å². The maximum Gasteiger partial charge on any atom is 0.312 e. The summed E-state index contributed by atoms with van der Waals surface area (Å²) in [6.45, 7) is 4.25. The first kappa shape index (κ1) is 11.9. The number of amides is 2. The summed E-state index contributed by atoms with van der Waals surface area (Å²) in [7, 11) is 0. The Bertz CT molecular complexity index is 382. The van der Waals surface area contributed by atoms with E-state index >= 15 is 0 Å². The van der Waals surface area contributed by atoms with Crippen LogP contribution in [0.2, 0.25) is 0 Å². The molecule has 0 unspecified atom stereocenters. The minimum atomic E-state index is -0.401. The zero-order valence-electron chi connectivity index (χ0n) is 10.1. The van der Waals surface area contributed by atoms with E-state index in [0.29, 0.717) is 32.6 Å². The molecule has 2 fully saturated rings. The second kappa shape index (κ2) is 4.36. The molecule has 1 saturated heterocycles. The Balaban J connectivity index is 1.98. The van der Waals surface area contributed by atoms with Crippen molar-refractivity contribution in [3.8, 4) is 6.07 Å². The monoisotopic (exact) mass is 235 g/mol. The Kier molecular flexibility index (Phi) is 3.05. The quantitative estimate of drug-likeness (QED) is 0.661. The van der Waals surface area contributed by atoms with E-state index in [1.165, 1.54) is 0 Å². The Hall–Kier alpha value is -1.57. The van der Waals surface area contributed by atoms with E-state index < -0.39 is 11.8 Å². The van der Waals surface area contributed by atoms with Gasteiger partial charge in [-0.2, -0.15) is 5.26 Å². The highest BCUT2D eigenvalue weighted by atomic mass is 16.2. The van der Waals surface area contributed by atoms with Crippen LogP contribution in [0.4, 0.5) is 0 Å². The van der Waals surface area contributed by atoms with Gasteiger partial charge in [-0.3, -0.25) is 9.59 Å². The first-order valence-electron chi connectivity index (χ1n) is 6.07. The number of nitriles is 1. The number of nitrogens with zero attached hydrogens (tertiary/aromatic N) is 3. The van der Waals surface area contributed by atoms with Crippen LogP contribution in [0, 0.1) is 16.7 Å². The van der Waals surface area contributed by atoms with Crippen LogP contribution < -0.4 is 0 Å². The van der Waals surface area contributed by atoms with Gasteiger partial charge >= 0.3 is 11.8 Å². The number of piperazine rings is 1. The molecule has 0 atom stereocenters. The molecular formula is C12H17N3O2. The summed E-state index contributed by atoms with van der Waals surface area (Å²) in [5.74, 6) is -0.797. The molecule has 0 radical (unpaired) electrons. The molecule has 1 saturated carbocycles. The van der Waals surface area contributed by atoms with Crippen LogP contribution in [0.1, 0.15) is 26.2 Å². The molecule has 0 aromatic rings. The van der Waals surface area contributed by atoms with Gasteiger partial charge in [0.05, 0.1) is 6.07 Å². The van der Waals surface area contributed by atoms with Gasteiger partial charge in [0.1, 0.15) is 0 Å². The van der Waals surface area contributed by atoms with Gasteiger partial charge in [0.2, 0.25) is 0 Å². The molecule has 0 N–H and O–H groups in total. The molecule has 0 aromatic carbocycles. The lowest BCUT2D eigenvalue weighted by atomic mass is 10.0. The van der Waals surface area contributed by atoms with Gasteiger partial charge < -0.3 is 9.80 Å². The normalized spacial score (nSPS) is 22.6. The molecule has 0 aromatic heterocycles. The summed E-state index contributed by atoms with van der Waals surface area (Å²) in [5.41, 5.74) is -0.0148. The van der Waals surface area contributed by atoms with Gasteiger partial charge in [-0.1, -0.05) is 0 Å². The number of likely N-dealkylation sites (N-methyl/N-ethyl adjacent to an activating group) is 1. The summed E-state index contributed by atoms with van der Waals surface area (Å²) in [6, 6.07) is 2.17. The third-order valence-electron chi connectivity index (χ3n) is 3.72. The Morgan fingerprint density at radius 2 is 1.82 bits per heavy atom. The summed E-state index contributed by atoms with van der Waals surface area (Å²) >= 11 is 0. The fourth-order valence-corrected chi connectivity index (χ4v) is 2.31. The maximum absolute atomic E-state index is 11.9. The van der Waals surface area contributed by atoms with Crippen LogP contribution in [0.25, 0.3) is 0 Å². The van der Waals surface area contributed by atoms with Crippen molar-refractivity contribution in [2.45, 2.75) is 26.2 Å². The fraction of sp³-hybridized carbons (Fsp3) is 0.750. The van der Waals surface area contributed by atoms with Crippen molar-refractivity contribution in [3.05, 3.63) is 0 Å². The highest BCUT2D eigenvalue weighted by Gasteiger charge is 2.46. The first-order valence-corrected chi connectivity index (χ1v) is 6.07. The third-order valence-corrected chi connectivity index (χ3v) is 3.72. The minimum absolute atomic E-state index is 0.0148. The van der Waals surface area contributed by atoms with Crippen LogP contribution in [0.5, 0.6) is 0 Å². The van der Waals surface area contributed by atoms with Crippen molar-refractivity contribution >= 4 is 11.8 Å². The van der Waals surface area contributed by atoms with E-state index in [1.807, 2.05) is 6.92 Å². The Morgan fingerprint density at radius 3 is 2.35 bits per heavy atom. The maximum atomic E-state index is 11.9. The van der Waals surface area contributed by atoms with E-state index in [2.05, 4.69) is 6.07 Å². The largest absolute Gasteiger partial charge is 0.333 e. The summed E-state index contributed by atoms with van der Waals surface area (Å²) in [6.07, 6.45) is 2.48. The molecule has 1 aliphatic heterocycles. The average molecular weight is 235 g/mol. The molecule has 0 bridgehead atoms. The molecule has 92 valence electrons. The standard InChI is InChI=1S/C12H17N3O2/c1-2-14-7-8-15(11(17)10(14)16)9-12(3-4-12)5-6-13/h2-5,7-9H2,1H3. The molecule has 1 heterocycles. The second-order valence-corrected chi connectivity index (χ2v) is 4.95. The van der Waals surface area contributed by atoms with E-state index in [0.717, 1.165) is 12.8 Å². The van der Waals surface area contributed by atoms with Gasteiger partial charge in [0.15, 0.2) is 0 Å². The fourth-order valence-electron chi connectivity index (χ4n) is 2.31. The predicted octanol–water partition coefficient (Wildman–Crippen LogP) is 0.371. The Labute approximate surface area is 101 Å². The van der Waals surface area contributed by atoms with Crippen LogP contribution in [0.3, 0.4) is 0 Å². The van der Waals surface area contributed by atoms with Gasteiger partial charge in [-0.05, 0) is 19.8 Å². The van der Waals surface area contributed by atoms with Crippen molar-refractivity contribution < 1.29 is 9.59 Å². The molecule has 1 aliphatic carbocycles.